The van der Waals surface area contributed by atoms with E-state index in [2.05, 4.69) is 15.2 Å². The van der Waals surface area contributed by atoms with E-state index >= 15 is 0 Å². The number of alkyl halides is 2. The highest BCUT2D eigenvalue weighted by atomic mass is 32.1. The van der Waals surface area contributed by atoms with Crippen molar-refractivity contribution < 1.29 is 13.2 Å². The molecule has 0 aliphatic heterocycles. The zero-order valence-electron chi connectivity index (χ0n) is 7.07. The Labute approximate surface area is 81.6 Å². The third-order valence-corrected chi connectivity index (χ3v) is 2.33. The Morgan fingerprint density at radius 3 is 2.71 bits per heavy atom. The van der Waals surface area contributed by atoms with Crippen LogP contribution in [0.25, 0.3) is 10.9 Å². The molecule has 0 spiro atoms. The first-order valence-electron chi connectivity index (χ1n) is 3.71. The highest BCUT2D eigenvalue weighted by Crippen LogP contribution is 2.26. The van der Waals surface area contributed by atoms with E-state index in [1.54, 1.807) is 6.20 Å². The predicted octanol–water partition coefficient (Wildman–Crippen LogP) is 2.44. The monoisotopic (exact) mass is 217 g/mol. The number of hydrogen-bond acceptors (Lipinski definition) is 5. The maximum absolute atomic E-state index is 12.1. The minimum Gasteiger partial charge on any atom is -0.413 e. The van der Waals surface area contributed by atoms with Crippen molar-refractivity contribution in [3.63, 3.8) is 0 Å². The number of nitrogens with zero attached hydrogens (tertiary/aromatic N) is 3. The van der Waals surface area contributed by atoms with Gasteiger partial charge in [-0.2, -0.15) is 8.78 Å². The topological polar surface area (TPSA) is 51.8 Å². The van der Waals surface area contributed by atoms with Crippen LogP contribution in [0.2, 0.25) is 0 Å². The summed E-state index contributed by atoms with van der Waals surface area (Å²) in [6, 6.07) is 0. The Morgan fingerprint density at radius 2 is 2.21 bits per heavy atom. The quantitative estimate of drug-likeness (QED) is 0.775. The Kier molecular flexibility index (Phi) is 2.24. The molecule has 0 N–H and O–H groups in total. The normalized spacial score (nSPS) is 11.1. The SMILES string of the molecule is Cc1cnc(-c2nnc(C(F)F)o2)s1. The van der Waals surface area contributed by atoms with Gasteiger partial charge in [0, 0.05) is 11.1 Å². The highest BCUT2D eigenvalue weighted by Gasteiger charge is 2.18. The Balaban J connectivity index is 2.33. The molecule has 7 heteroatoms. The van der Waals surface area contributed by atoms with Gasteiger partial charge in [-0.1, -0.05) is 0 Å². The van der Waals surface area contributed by atoms with Crippen molar-refractivity contribution in [1.29, 1.82) is 0 Å². The molecule has 0 fully saturated rings. The van der Waals surface area contributed by atoms with Crippen LogP contribution in [0.5, 0.6) is 0 Å². The lowest BCUT2D eigenvalue weighted by atomic mass is 10.6. The number of aromatic nitrogens is 3. The molecule has 2 heterocycles. The smallest absolute Gasteiger partial charge is 0.314 e. The first-order valence-corrected chi connectivity index (χ1v) is 4.53. The van der Waals surface area contributed by atoms with Gasteiger partial charge in [-0.25, -0.2) is 4.98 Å². The van der Waals surface area contributed by atoms with Crippen molar-refractivity contribution in [3.05, 3.63) is 17.0 Å². The molecule has 0 aliphatic rings. The van der Waals surface area contributed by atoms with Gasteiger partial charge in [0.15, 0.2) is 5.01 Å². The number of hydrogen-bond donors (Lipinski definition) is 0. The van der Waals surface area contributed by atoms with Crippen LogP contribution in [0.4, 0.5) is 8.78 Å². The van der Waals surface area contributed by atoms with Crippen molar-refractivity contribution in [1.82, 2.24) is 15.2 Å². The third kappa shape index (κ3) is 1.63. The van der Waals surface area contributed by atoms with Gasteiger partial charge in [0.05, 0.1) is 0 Å². The third-order valence-electron chi connectivity index (χ3n) is 1.43. The predicted molar refractivity (Wildman–Crippen MR) is 45.1 cm³/mol. The van der Waals surface area contributed by atoms with E-state index < -0.39 is 12.3 Å². The van der Waals surface area contributed by atoms with Crippen LogP contribution in [0.3, 0.4) is 0 Å². The molecule has 0 saturated carbocycles. The molecule has 4 nitrogen and oxygen atoms in total. The zero-order chi connectivity index (χ0) is 10.1. The van der Waals surface area contributed by atoms with E-state index in [4.69, 9.17) is 4.42 Å². The summed E-state index contributed by atoms with van der Waals surface area (Å²) in [6.07, 6.45) is -1.12. The first-order chi connectivity index (χ1) is 6.66. The van der Waals surface area contributed by atoms with Crippen LogP contribution in [0, 0.1) is 6.92 Å². The second-order valence-corrected chi connectivity index (χ2v) is 3.76. The van der Waals surface area contributed by atoms with Crippen molar-refractivity contribution >= 4 is 11.3 Å². The summed E-state index contributed by atoms with van der Waals surface area (Å²) in [5.74, 6) is -0.633. The van der Waals surface area contributed by atoms with Crippen molar-refractivity contribution in [2.24, 2.45) is 0 Å². The average molecular weight is 217 g/mol. The van der Waals surface area contributed by atoms with E-state index in [0.29, 0.717) is 5.01 Å². The van der Waals surface area contributed by atoms with Gasteiger partial charge in [-0.15, -0.1) is 21.5 Å². The number of rotatable bonds is 2. The van der Waals surface area contributed by atoms with Gasteiger partial charge in [-0.3, -0.25) is 0 Å². The molecule has 0 aliphatic carbocycles. The summed E-state index contributed by atoms with van der Waals surface area (Å²) in [7, 11) is 0. The van der Waals surface area contributed by atoms with Crippen LogP contribution >= 0.6 is 11.3 Å². The second-order valence-electron chi connectivity index (χ2n) is 2.52. The molecule has 0 radical (unpaired) electrons. The minimum absolute atomic E-state index is 0.0402. The van der Waals surface area contributed by atoms with Crippen LogP contribution in [-0.4, -0.2) is 15.2 Å². The molecule has 14 heavy (non-hydrogen) atoms. The minimum atomic E-state index is -2.74. The second kappa shape index (κ2) is 3.41. The van der Waals surface area contributed by atoms with E-state index in [9.17, 15) is 8.78 Å². The van der Waals surface area contributed by atoms with Crippen LogP contribution in [0.1, 0.15) is 17.2 Å². The molecular weight excluding hydrogens is 212 g/mol. The van der Waals surface area contributed by atoms with Crippen molar-refractivity contribution in [3.8, 4) is 10.9 Å². The molecule has 2 rings (SSSR count). The van der Waals surface area contributed by atoms with E-state index in [1.165, 1.54) is 11.3 Å². The lowest BCUT2D eigenvalue weighted by Crippen LogP contribution is -1.81. The van der Waals surface area contributed by atoms with Gasteiger partial charge >= 0.3 is 6.43 Å². The summed E-state index contributed by atoms with van der Waals surface area (Å²) in [5, 5.41) is 7.13. The van der Waals surface area contributed by atoms with E-state index in [1.807, 2.05) is 6.92 Å². The molecule has 74 valence electrons. The van der Waals surface area contributed by atoms with Crippen molar-refractivity contribution in [2.45, 2.75) is 13.3 Å². The number of aryl methyl sites for hydroxylation is 1. The van der Waals surface area contributed by atoms with Crippen LogP contribution in [-0.2, 0) is 0 Å². The zero-order valence-corrected chi connectivity index (χ0v) is 7.89. The Morgan fingerprint density at radius 1 is 1.43 bits per heavy atom. The lowest BCUT2D eigenvalue weighted by molar-refractivity contribution is 0.116. The Hall–Kier alpha value is -1.37. The molecule has 0 unspecified atom stereocenters. The summed E-state index contributed by atoms with van der Waals surface area (Å²) in [5.41, 5.74) is 0. The van der Waals surface area contributed by atoms with Gasteiger partial charge < -0.3 is 4.42 Å². The fourth-order valence-electron chi connectivity index (χ4n) is 0.863. The fraction of sp³-hybridized carbons (Fsp3) is 0.286. The van der Waals surface area contributed by atoms with Gasteiger partial charge in [0.2, 0.25) is 0 Å². The maximum atomic E-state index is 12.1. The summed E-state index contributed by atoms with van der Waals surface area (Å²) < 4.78 is 28.9. The molecule has 2 aromatic rings. The molecule has 2 aromatic heterocycles. The van der Waals surface area contributed by atoms with Crippen molar-refractivity contribution in [2.75, 3.05) is 0 Å². The highest BCUT2D eigenvalue weighted by molar-refractivity contribution is 7.14. The molecular formula is C7H5F2N3OS. The standard InChI is InChI=1S/C7H5F2N3OS/c1-3-2-10-7(14-3)6-12-11-5(13-6)4(8)9/h2,4H,1H3. The van der Waals surface area contributed by atoms with Gasteiger partial charge in [-0.05, 0) is 6.92 Å². The van der Waals surface area contributed by atoms with Crippen LogP contribution in [0.15, 0.2) is 10.6 Å². The maximum Gasteiger partial charge on any atom is 0.314 e. The fourth-order valence-corrected chi connectivity index (χ4v) is 1.55. The lowest BCUT2D eigenvalue weighted by Gasteiger charge is -1.87. The van der Waals surface area contributed by atoms with Crippen LogP contribution < -0.4 is 0 Å². The summed E-state index contributed by atoms with van der Waals surface area (Å²) in [4.78, 5) is 4.89. The average Bonchev–Trinajstić information content (AvgIpc) is 2.70. The van der Waals surface area contributed by atoms with Gasteiger partial charge in [0.25, 0.3) is 11.8 Å². The summed E-state index contributed by atoms with van der Waals surface area (Å²) >= 11 is 1.31. The summed E-state index contributed by atoms with van der Waals surface area (Å²) in [6.45, 7) is 1.85. The molecule has 0 saturated heterocycles. The largest absolute Gasteiger partial charge is 0.413 e. The molecule has 0 amide bonds. The first kappa shape index (κ1) is 9.20. The van der Waals surface area contributed by atoms with E-state index in [-0.39, 0.29) is 5.89 Å². The molecule has 0 bridgehead atoms. The van der Waals surface area contributed by atoms with E-state index in [0.717, 1.165) is 4.88 Å². The Bertz CT molecular complexity index is 440. The molecule has 0 aromatic carbocycles. The number of halogens is 2. The number of thiazole rings is 1. The van der Waals surface area contributed by atoms with Gasteiger partial charge in [0.1, 0.15) is 0 Å². The molecule has 0 atom stereocenters.